The van der Waals surface area contributed by atoms with Gasteiger partial charge >= 0.3 is 12.1 Å². The van der Waals surface area contributed by atoms with Gasteiger partial charge in [-0.25, -0.2) is 4.79 Å². The van der Waals surface area contributed by atoms with E-state index in [0.29, 0.717) is 6.54 Å². The van der Waals surface area contributed by atoms with Crippen molar-refractivity contribution in [1.82, 2.24) is 5.32 Å². The van der Waals surface area contributed by atoms with E-state index in [0.717, 1.165) is 32.1 Å². The van der Waals surface area contributed by atoms with Crippen LogP contribution in [0.2, 0.25) is 0 Å². The average molecular weight is 285 g/mol. The number of alkyl carbamates (subject to hydrolysis) is 1. The average Bonchev–Trinajstić information content (AvgIpc) is 2.36. The summed E-state index contributed by atoms with van der Waals surface area (Å²) in [6.07, 6.45) is 8.59. The van der Waals surface area contributed by atoms with Crippen LogP contribution in [-0.2, 0) is 14.3 Å². The van der Waals surface area contributed by atoms with E-state index in [2.05, 4.69) is 17.5 Å². The lowest BCUT2D eigenvalue weighted by Gasteiger charge is -2.18. The fourth-order valence-electron chi connectivity index (χ4n) is 1.92. The number of ether oxygens (including phenoxy) is 2. The zero-order valence-electron chi connectivity index (χ0n) is 11.7. The molecule has 0 heterocycles. The number of hydrogen-bond donors (Lipinski definition) is 2. The summed E-state index contributed by atoms with van der Waals surface area (Å²) in [4.78, 5) is 21.8. The van der Waals surface area contributed by atoms with Gasteiger partial charge in [0.25, 0.3) is 0 Å². The third-order valence-corrected chi connectivity index (χ3v) is 2.97. The van der Waals surface area contributed by atoms with Crippen LogP contribution in [-0.4, -0.2) is 43.0 Å². The van der Waals surface area contributed by atoms with Crippen LogP contribution < -0.4 is 5.32 Å². The third-order valence-electron chi connectivity index (χ3n) is 2.97. The normalized spacial score (nSPS) is 20.5. The minimum Gasteiger partial charge on any atom is -0.481 e. The van der Waals surface area contributed by atoms with Gasteiger partial charge in [0.05, 0.1) is 19.6 Å². The van der Waals surface area contributed by atoms with Gasteiger partial charge in [0.1, 0.15) is 6.10 Å². The van der Waals surface area contributed by atoms with Crippen molar-refractivity contribution >= 4 is 12.1 Å². The molecule has 1 rings (SSSR count). The van der Waals surface area contributed by atoms with Gasteiger partial charge in [-0.1, -0.05) is 12.2 Å². The second-order valence-corrected chi connectivity index (χ2v) is 4.69. The lowest BCUT2D eigenvalue weighted by molar-refractivity contribution is -0.138. The zero-order chi connectivity index (χ0) is 14.6. The fraction of sp³-hybridized carbons (Fsp3) is 0.714. The number of nitrogens with one attached hydrogen (secondary N) is 1. The summed E-state index contributed by atoms with van der Waals surface area (Å²) in [5, 5.41) is 11.0. The molecule has 1 aliphatic rings. The van der Waals surface area contributed by atoms with E-state index in [1.165, 1.54) is 0 Å². The predicted molar refractivity (Wildman–Crippen MR) is 73.6 cm³/mol. The van der Waals surface area contributed by atoms with Crippen LogP contribution in [0.1, 0.15) is 38.5 Å². The van der Waals surface area contributed by atoms with Gasteiger partial charge in [-0.2, -0.15) is 0 Å². The smallest absolute Gasteiger partial charge is 0.407 e. The Kier molecular flexibility index (Phi) is 8.46. The van der Waals surface area contributed by atoms with Gasteiger partial charge in [-0.05, 0) is 32.1 Å². The number of hydrogen-bond acceptors (Lipinski definition) is 4. The highest BCUT2D eigenvalue weighted by atomic mass is 16.6. The SMILES string of the molecule is O=C(O)CCOCCNC(=O)OC1CC/C=C\CCC1. The van der Waals surface area contributed by atoms with E-state index in [1.54, 1.807) is 0 Å². The summed E-state index contributed by atoms with van der Waals surface area (Å²) in [7, 11) is 0. The summed E-state index contributed by atoms with van der Waals surface area (Å²) in [6.45, 7) is 0.766. The monoisotopic (exact) mass is 285 g/mol. The molecule has 20 heavy (non-hydrogen) atoms. The summed E-state index contributed by atoms with van der Waals surface area (Å²) in [5.74, 6) is -0.893. The maximum absolute atomic E-state index is 11.5. The predicted octanol–water partition coefficient (Wildman–Crippen LogP) is 2.09. The van der Waals surface area contributed by atoms with Crippen LogP contribution in [0.25, 0.3) is 0 Å². The molecule has 1 aliphatic carbocycles. The Bertz CT molecular complexity index is 330. The Balaban J connectivity index is 2.04. The molecule has 114 valence electrons. The first-order chi connectivity index (χ1) is 9.68. The molecule has 1 atom stereocenters. The number of carboxylic acids is 1. The highest BCUT2D eigenvalue weighted by Crippen LogP contribution is 2.15. The van der Waals surface area contributed by atoms with Crippen molar-refractivity contribution in [3.63, 3.8) is 0 Å². The maximum atomic E-state index is 11.5. The Hall–Kier alpha value is -1.56. The van der Waals surface area contributed by atoms with Crippen LogP contribution in [0.15, 0.2) is 12.2 Å². The van der Waals surface area contributed by atoms with Crippen LogP contribution in [0, 0.1) is 0 Å². The number of carbonyl (C=O) groups excluding carboxylic acids is 1. The largest absolute Gasteiger partial charge is 0.481 e. The highest BCUT2D eigenvalue weighted by molar-refractivity contribution is 5.67. The third kappa shape index (κ3) is 8.53. The molecule has 2 N–H and O–H groups in total. The first-order valence-electron chi connectivity index (χ1n) is 7.07. The van der Waals surface area contributed by atoms with Gasteiger partial charge in [0.2, 0.25) is 0 Å². The van der Waals surface area contributed by atoms with Gasteiger partial charge < -0.3 is 19.9 Å². The molecule has 0 radical (unpaired) electrons. The molecule has 6 heteroatoms. The summed E-state index contributed by atoms with van der Waals surface area (Å²) in [5.41, 5.74) is 0. The number of allylic oxidation sites excluding steroid dienone is 2. The van der Waals surface area contributed by atoms with Gasteiger partial charge in [-0.3, -0.25) is 4.79 Å². The molecule has 0 aliphatic heterocycles. The molecule has 0 aromatic carbocycles. The molecular formula is C14H23NO5. The van der Waals surface area contributed by atoms with Gasteiger partial charge in [-0.15, -0.1) is 0 Å². The Morgan fingerprint density at radius 2 is 2.00 bits per heavy atom. The van der Waals surface area contributed by atoms with Crippen molar-refractivity contribution in [3.8, 4) is 0 Å². The van der Waals surface area contributed by atoms with Gasteiger partial charge in [0, 0.05) is 6.54 Å². The lowest BCUT2D eigenvalue weighted by Crippen LogP contribution is -2.31. The standard InChI is InChI=1S/C14H23NO5/c16-13(17)8-10-19-11-9-15-14(18)20-12-6-4-2-1-3-5-7-12/h1-2,12H,3-11H2,(H,15,18)(H,16,17)/b2-1-. The van der Waals surface area contributed by atoms with Crippen LogP contribution in [0.3, 0.4) is 0 Å². The molecular weight excluding hydrogens is 262 g/mol. The number of aliphatic carboxylic acids is 1. The molecule has 0 saturated heterocycles. The first-order valence-corrected chi connectivity index (χ1v) is 7.07. The Morgan fingerprint density at radius 3 is 2.80 bits per heavy atom. The van der Waals surface area contributed by atoms with Crippen molar-refractivity contribution < 1.29 is 24.2 Å². The van der Waals surface area contributed by atoms with Crippen molar-refractivity contribution in [2.24, 2.45) is 0 Å². The van der Waals surface area contributed by atoms with Crippen LogP contribution in [0.4, 0.5) is 4.79 Å². The number of carbonyl (C=O) groups is 2. The Labute approximate surface area is 119 Å². The van der Waals surface area contributed by atoms with Crippen molar-refractivity contribution in [1.29, 1.82) is 0 Å². The van der Waals surface area contributed by atoms with E-state index < -0.39 is 12.1 Å². The number of rotatable bonds is 7. The lowest BCUT2D eigenvalue weighted by atomic mass is 10.0. The fourth-order valence-corrected chi connectivity index (χ4v) is 1.92. The Morgan fingerprint density at radius 1 is 1.20 bits per heavy atom. The first kappa shape index (κ1) is 16.5. The second-order valence-electron chi connectivity index (χ2n) is 4.69. The number of carboxylic acid groups (broad SMARTS) is 1. The molecule has 1 amide bonds. The maximum Gasteiger partial charge on any atom is 0.407 e. The summed E-state index contributed by atoms with van der Waals surface area (Å²) >= 11 is 0. The molecule has 0 fully saturated rings. The minimum absolute atomic E-state index is 0.0205. The molecule has 0 saturated carbocycles. The molecule has 0 spiro atoms. The van der Waals surface area contributed by atoms with E-state index in [-0.39, 0.29) is 25.7 Å². The van der Waals surface area contributed by atoms with E-state index in [1.807, 2.05) is 0 Å². The summed E-state index contributed by atoms with van der Waals surface area (Å²) in [6, 6.07) is 0. The quantitative estimate of drug-likeness (QED) is 0.552. The molecule has 6 nitrogen and oxygen atoms in total. The highest BCUT2D eigenvalue weighted by Gasteiger charge is 2.14. The van der Waals surface area contributed by atoms with E-state index in [9.17, 15) is 9.59 Å². The summed E-state index contributed by atoms with van der Waals surface area (Å²) < 4.78 is 10.4. The zero-order valence-corrected chi connectivity index (χ0v) is 11.7. The van der Waals surface area contributed by atoms with Crippen molar-refractivity contribution in [2.75, 3.05) is 19.8 Å². The molecule has 0 bridgehead atoms. The molecule has 0 aromatic heterocycles. The van der Waals surface area contributed by atoms with Crippen LogP contribution >= 0.6 is 0 Å². The topological polar surface area (TPSA) is 84.9 Å². The van der Waals surface area contributed by atoms with Crippen molar-refractivity contribution in [2.45, 2.75) is 44.6 Å². The van der Waals surface area contributed by atoms with E-state index >= 15 is 0 Å². The second kappa shape index (κ2) is 10.3. The van der Waals surface area contributed by atoms with E-state index in [4.69, 9.17) is 14.6 Å². The van der Waals surface area contributed by atoms with Crippen LogP contribution in [0.5, 0.6) is 0 Å². The van der Waals surface area contributed by atoms with Gasteiger partial charge in [0.15, 0.2) is 0 Å². The van der Waals surface area contributed by atoms with Crippen molar-refractivity contribution in [3.05, 3.63) is 12.2 Å². The number of amides is 1. The molecule has 0 aromatic rings. The minimum atomic E-state index is -0.893. The molecule has 1 unspecified atom stereocenters.